The van der Waals surface area contributed by atoms with Crippen molar-refractivity contribution >= 4 is 12.1 Å². The third-order valence-electron chi connectivity index (χ3n) is 2.24. The van der Waals surface area contributed by atoms with Gasteiger partial charge >= 0.3 is 12.1 Å². The molecular weight excluding hydrogens is 182 g/mol. The highest BCUT2D eigenvalue weighted by molar-refractivity contribution is 5.82. The van der Waals surface area contributed by atoms with Crippen molar-refractivity contribution in [2.75, 3.05) is 0 Å². The van der Waals surface area contributed by atoms with Gasteiger partial charge in [-0.05, 0) is 32.1 Å². The van der Waals surface area contributed by atoms with Crippen LogP contribution in [0, 0.1) is 5.41 Å². The Kier molecular flexibility index (Phi) is 4.43. The van der Waals surface area contributed by atoms with Gasteiger partial charge in [-0.1, -0.05) is 6.92 Å². The molecule has 1 aliphatic rings. The van der Waals surface area contributed by atoms with Crippen molar-refractivity contribution in [2.24, 2.45) is 0 Å². The lowest BCUT2D eigenvalue weighted by atomic mass is 10.3. The van der Waals surface area contributed by atoms with Crippen molar-refractivity contribution in [1.82, 2.24) is 0 Å². The van der Waals surface area contributed by atoms with Gasteiger partial charge in [-0.25, -0.2) is 5.41 Å². The van der Waals surface area contributed by atoms with Crippen molar-refractivity contribution in [3.8, 4) is 0 Å². The smallest absolute Gasteiger partial charge is 0.388 e. The van der Waals surface area contributed by atoms with Gasteiger partial charge in [0.15, 0.2) is 0 Å². The lowest BCUT2D eigenvalue weighted by Gasteiger charge is -2.12. The number of carbonyl (C=O) groups is 1. The SMILES string of the molecule is CCCC(=O)OC(=N)OC1CCCC1. The fourth-order valence-corrected chi connectivity index (χ4v) is 1.54. The van der Waals surface area contributed by atoms with Crippen molar-refractivity contribution in [2.45, 2.75) is 51.6 Å². The van der Waals surface area contributed by atoms with E-state index in [0.29, 0.717) is 6.42 Å². The molecule has 80 valence electrons. The van der Waals surface area contributed by atoms with E-state index >= 15 is 0 Å². The van der Waals surface area contributed by atoms with Crippen LogP contribution in [-0.4, -0.2) is 18.2 Å². The van der Waals surface area contributed by atoms with E-state index in [1.807, 2.05) is 6.92 Å². The van der Waals surface area contributed by atoms with Crippen LogP contribution < -0.4 is 0 Å². The minimum Gasteiger partial charge on any atom is -0.447 e. The van der Waals surface area contributed by atoms with Crippen LogP contribution in [0.5, 0.6) is 0 Å². The quantitative estimate of drug-likeness (QED) is 0.430. The van der Waals surface area contributed by atoms with Gasteiger partial charge in [0.05, 0.1) is 0 Å². The fourth-order valence-electron chi connectivity index (χ4n) is 1.54. The van der Waals surface area contributed by atoms with Crippen molar-refractivity contribution in [1.29, 1.82) is 5.41 Å². The van der Waals surface area contributed by atoms with Crippen molar-refractivity contribution in [3.05, 3.63) is 0 Å². The molecule has 0 atom stereocenters. The Morgan fingerprint density at radius 3 is 2.64 bits per heavy atom. The molecule has 0 radical (unpaired) electrons. The number of rotatable bonds is 3. The molecule has 4 nitrogen and oxygen atoms in total. The van der Waals surface area contributed by atoms with Crippen LogP contribution in [0.1, 0.15) is 45.4 Å². The molecule has 4 heteroatoms. The van der Waals surface area contributed by atoms with Crippen LogP contribution in [0.3, 0.4) is 0 Å². The summed E-state index contributed by atoms with van der Waals surface area (Å²) in [6.45, 7) is 1.89. The van der Waals surface area contributed by atoms with Gasteiger partial charge in [0, 0.05) is 6.42 Å². The van der Waals surface area contributed by atoms with Crippen molar-refractivity contribution in [3.63, 3.8) is 0 Å². The van der Waals surface area contributed by atoms with Crippen LogP contribution >= 0.6 is 0 Å². The Morgan fingerprint density at radius 1 is 1.43 bits per heavy atom. The molecule has 0 aromatic rings. The highest BCUT2D eigenvalue weighted by atomic mass is 16.7. The summed E-state index contributed by atoms with van der Waals surface area (Å²) < 4.78 is 9.84. The molecule has 0 amide bonds. The van der Waals surface area contributed by atoms with E-state index in [0.717, 1.165) is 32.1 Å². The summed E-state index contributed by atoms with van der Waals surface area (Å²) in [4.78, 5) is 11.0. The lowest BCUT2D eigenvalue weighted by molar-refractivity contribution is -0.137. The largest absolute Gasteiger partial charge is 0.447 e. The molecule has 0 unspecified atom stereocenters. The molecule has 0 spiro atoms. The summed E-state index contributed by atoms with van der Waals surface area (Å²) in [6.07, 6.45) is 5.03. The number of ether oxygens (including phenoxy) is 2. The second-order valence-corrected chi connectivity index (χ2v) is 3.54. The van der Waals surface area contributed by atoms with Gasteiger partial charge in [-0.3, -0.25) is 4.79 Å². The monoisotopic (exact) mass is 199 g/mol. The van der Waals surface area contributed by atoms with Crippen LogP contribution in [-0.2, 0) is 14.3 Å². The van der Waals surface area contributed by atoms with Gasteiger partial charge in [-0.15, -0.1) is 0 Å². The topological polar surface area (TPSA) is 59.4 Å². The molecule has 1 aliphatic carbocycles. The summed E-state index contributed by atoms with van der Waals surface area (Å²) in [7, 11) is 0. The fraction of sp³-hybridized carbons (Fsp3) is 0.800. The molecule has 1 rings (SSSR count). The first-order chi connectivity index (χ1) is 6.72. The number of esters is 1. The summed E-state index contributed by atoms with van der Waals surface area (Å²) in [5.74, 6) is -0.379. The van der Waals surface area contributed by atoms with Gasteiger partial charge in [0.25, 0.3) is 0 Å². The maximum absolute atomic E-state index is 11.0. The minimum absolute atomic E-state index is 0.0805. The Bertz CT molecular complexity index is 209. The molecule has 0 aromatic heterocycles. The molecule has 1 saturated carbocycles. The summed E-state index contributed by atoms with van der Waals surface area (Å²) in [5, 5.41) is 7.30. The molecule has 1 fully saturated rings. The second kappa shape index (κ2) is 5.62. The molecule has 14 heavy (non-hydrogen) atoms. The van der Waals surface area contributed by atoms with E-state index in [4.69, 9.17) is 10.1 Å². The summed E-state index contributed by atoms with van der Waals surface area (Å²) >= 11 is 0. The first-order valence-electron chi connectivity index (χ1n) is 5.18. The molecule has 0 aliphatic heterocycles. The minimum atomic E-state index is -0.379. The highest BCUT2D eigenvalue weighted by Gasteiger charge is 2.19. The summed E-state index contributed by atoms with van der Waals surface area (Å²) in [5.41, 5.74) is 0. The third-order valence-corrected chi connectivity index (χ3v) is 2.24. The van der Waals surface area contributed by atoms with E-state index in [1.165, 1.54) is 0 Å². The Morgan fingerprint density at radius 2 is 2.07 bits per heavy atom. The molecule has 1 N–H and O–H groups in total. The molecular formula is C10H17NO3. The van der Waals surface area contributed by atoms with Gasteiger partial charge in [0.1, 0.15) is 6.10 Å². The first-order valence-corrected chi connectivity index (χ1v) is 5.18. The maximum Gasteiger partial charge on any atom is 0.388 e. The Labute approximate surface area is 84.1 Å². The lowest BCUT2D eigenvalue weighted by Crippen LogP contribution is -2.19. The van der Waals surface area contributed by atoms with Gasteiger partial charge in [0.2, 0.25) is 0 Å². The van der Waals surface area contributed by atoms with Crippen LogP contribution in [0.25, 0.3) is 0 Å². The van der Waals surface area contributed by atoms with Crippen LogP contribution in [0.2, 0.25) is 0 Å². The normalized spacial score (nSPS) is 16.6. The first kappa shape index (κ1) is 11.0. The van der Waals surface area contributed by atoms with E-state index in [1.54, 1.807) is 0 Å². The zero-order valence-corrected chi connectivity index (χ0v) is 8.54. The van der Waals surface area contributed by atoms with Gasteiger partial charge in [-0.2, -0.15) is 0 Å². The third kappa shape index (κ3) is 3.77. The standard InChI is InChI=1S/C10H17NO3/c1-2-5-9(12)14-10(11)13-8-6-3-4-7-8/h8,11H,2-7H2,1H3. The number of hydrogen-bond donors (Lipinski definition) is 1. The van der Waals surface area contributed by atoms with Crippen LogP contribution in [0.4, 0.5) is 0 Å². The Balaban J connectivity index is 2.17. The van der Waals surface area contributed by atoms with E-state index < -0.39 is 0 Å². The number of carbonyl (C=O) groups excluding carboxylic acids is 1. The summed E-state index contributed by atoms with van der Waals surface area (Å²) in [6, 6.07) is 0. The van der Waals surface area contributed by atoms with E-state index in [9.17, 15) is 4.79 Å². The number of nitrogens with one attached hydrogen (secondary N) is 1. The van der Waals surface area contributed by atoms with Gasteiger partial charge < -0.3 is 9.47 Å². The number of hydrogen-bond acceptors (Lipinski definition) is 4. The predicted molar refractivity (Wildman–Crippen MR) is 52.1 cm³/mol. The average molecular weight is 199 g/mol. The molecule has 0 bridgehead atoms. The zero-order chi connectivity index (χ0) is 10.4. The van der Waals surface area contributed by atoms with E-state index in [2.05, 4.69) is 4.74 Å². The second-order valence-electron chi connectivity index (χ2n) is 3.54. The molecule has 0 heterocycles. The molecule has 0 saturated heterocycles. The average Bonchev–Trinajstić information content (AvgIpc) is 2.56. The predicted octanol–water partition coefficient (Wildman–Crippen LogP) is 2.22. The molecule has 0 aromatic carbocycles. The van der Waals surface area contributed by atoms with Crippen molar-refractivity contribution < 1.29 is 14.3 Å². The van der Waals surface area contributed by atoms with Crippen LogP contribution in [0.15, 0.2) is 0 Å². The highest BCUT2D eigenvalue weighted by Crippen LogP contribution is 2.21. The Hall–Kier alpha value is -1.06. The maximum atomic E-state index is 11.0. The zero-order valence-electron chi connectivity index (χ0n) is 8.54. The van der Waals surface area contributed by atoms with E-state index in [-0.39, 0.29) is 18.2 Å².